The van der Waals surface area contributed by atoms with Crippen LogP contribution in [0.25, 0.3) is 0 Å². The van der Waals surface area contributed by atoms with Crippen LogP contribution in [0.3, 0.4) is 0 Å². The highest BCUT2D eigenvalue weighted by Crippen LogP contribution is 2.19. The quantitative estimate of drug-likeness (QED) is 0.792. The topological polar surface area (TPSA) is 86.8 Å². The van der Waals surface area contributed by atoms with E-state index in [0.29, 0.717) is 25.4 Å². The third kappa shape index (κ3) is 4.92. The van der Waals surface area contributed by atoms with E-state index < -0.39 is 6.10 Å². The first-order valence-corrected chi connectivity index (χ1v) is 9.22. The summed E-state index contributed by atoms with van der Waals surface area (Å²) < 4.78 is 5.43. The summed E-state index contributed by atoms with van der Waals surface area (Å²) in [5.41, 5.74) is 0.687. The molecule has 2 saturated heterocycles. The SMILES string of the molecule is CNC(=O)C1CN(CC(=O)Nc2ccc(N3CCCCC3)nc2)CCO1. The van der Waals surface area contributed by atoms with Gasteiger partial charge in [0.15, 0.2) is 0 Å². The van der Waals surface area contributed by atoms with Crippen LogP contribution in [0.4, 0.5) is 11.5 Å². The number of hydrogen-bond donors (Lipinski definition) is 2. The average Bonchev–Trinajstić information content (AvgIpc) is 2.68. The van der Waals surface area contributed by atoms with Gasteiger partial charge in [0.05, 0.1) is 25.0 Å². The number of rotatable bonds is 5. The minimum Gasteiger partial charge on any atom is -0.366 e. The van der Waals surface area contributed by atoms with Gasteiger partial charge in [-0.1, -0.05) is 0 Å². The number of anilines is 2. The van der Waals surface area contributed by atoms with Crippen molar-refractivity contribution in [3.05, 3.63) is 18.3 Å². The summed E-state index contributed by atoms with van der Waals surface area (Å²) >= 11 is 0. The first-order chi connectivity index (χ1) is 12.7. The molecule has 2 amide bonds. The first-order valence-electron chi connectivity index (χ1n) is 9.22. The summed E-state index contributed by atoms with van der Waals surface area (Å²) in [6.45, 7) is 3.80. The molecule has 142 valence electrons. The van der Waals surface area contributed by atoms with Gasteiger partial charge in [-0.25, -0.2) is 4.98 Å². The zero-order valence-corrected chi connectivity index (χ0v) is 15.2. The van der Waals surface area contributed by atoms with E-state index in [0.717, 1.165) is 18.9 Å². The van der Waals surface area contributed by atoms with Gasteiger partial charge < -0.3 is 20.3 Å². The second-order valence-electron chi connectivity index (χ2n) is 6.71. The van der Waals surface area contributed by atoms with Gasteiger partial charge in [0.1, 0.15) is 11.9 Å². The predicted octanol–water partition coefficient (Wildman–Crippen LogP) is 0.457. The monoisotopic (exact) mass is 361 g/mol. The van der Waals surface area contributed by atoms with Crippen LogP contribution in [0, 0.1) is 0 Å². The molecule has 0 radical (unpaired) electrons. The van der Waals surface area contributed by atoms with Crippen LogP contribution in [0.15, 0.2) is 18.3 Å². The number of carbonyl (C=O) groups excluding carboxylic acids is 2. The average molecular weight is 361 g/mol. The van der Waals surface area contributed by atoms with Crippen molar-refractivity contribution in [3.63, 3.8) is 0 Å². The summed E-state index contributed by atoms with van der Waals surface area (Å²) in [4.78, 5) is 32.6. The van der Waals surface area contributed by atoms with Gasteiger partial charge in [0, 0.05) is 33.2 Å². The molecule has 0 spiro atoms. The third-order valence-corrected chi connectivity index (χ3v) is 4.77. The number of morpholine rings is 1. The molecule has 8 nitrogen and oxygen atoms in total. The molecular formula is C18H27N5O3. The molecule has 2 N–H and O–H groups in total. The maximum Gasteiger partial charge on any atom is 0.250 e. The third-order valence-electron chi connectivity index (χ3n) is 4.77. The number of amides is 2. The highest BCUT2D eigenvalue weighted by atomic mass is 16.5. The van der Waals surface area contributed by atoms with Gasteiger partial charge >= 0.3 is 0 Å². The Morgan fingerprint density at radius 2 is 2.04 bits per heavy atom. The van der Waals surface area contributed by atoms with E-state index in [1.165, 1.54) is 19.3 Å². The van der Waals surface area contributed by atoms with Crippen molar-refractivity contribution >= 4 is 23.3 Å². The molecule has 0 bridgehead atoms. The zero-order valence-electron chi connectivity index (χ0n) is 15.2. The van der Waals surface area contributed by atoms with Gasteiger partial charge in [-0.05, 0) is 31.4 Å². The Labute approximate surface area is 153 Å². The fourth-order valence-corrected chi connectivity index (χ4v) is 3.34. The summed E-state index contributed by atoms with van der Waals surface area (Å²) in [6, 6.07) is 3.85. The van der Waals surface area contributed by atoms with Gasteiger partial charge in [-0.3, -0.25) is 14.5 Å². The number of piperidine rings is 1. The molecule has 8 heteroatoms. The number of ether oxygens (including phenoxy) is 1. The van der Waals surface area contributed by atoms with Crippen molar-refractivity contribution in [2.75, 3.05) is 56.6 Å². The number of nitrogens with zero attached hydrogens (tertiary/aromatic N) is 3. The van der Waals surface area contributed by atoms with Gasteiger partial charge in [-0.15, -0.1) is 0 Å². The smallest absolute Gasteiger partial charge is 0.250 e. The normalized spacial score (nSPS) is 21.3. The van der Waals surface area contributed by atoms with Gasteiger partial charge in [-0.2, -0.15) is 0 Å². The number of likely N-dealkylation sites (N-methyl/N-ethyl adjacent to an activating group) is 1. The maximum atomic E-state index is 12.3. The van der Waals surface area contributed by atoms with E-state index in [-0.39, 0.29) is 18.4 Å². The van der Waals surface area contributed by atoms with Crippen molar-refractivity contribution in [2.24, 2.45) is 0 Å². The fourth-order valence-electron chi connectivity index (χ4n) is 3.34. The van der Waals surface area contributed by atoms with E-state index in [1.807, 2.05) is 17.0 Å². The van der Waals surface area contributed by atoms with E-state index in [9.17, 15) is 9.59 Å². The molecule has 0 saturated carbocycles. The number of hydrogen-bond acceptors (Lipinski definition) is 6. The van der Waals surface area contributed by atoms with Crippen molar-refractivity contribution in [1.29, 1.82) is 0 Å². The highest BCUT2D eigenvalue weighted by Gasteiger charge is 2.26. The van der Waals surface area contributed by atoms with Crippen LogP contribution in [-0.2, 0) is 14.3 Å². The van der Waals surface area contributed by atoms with Crippen LogP contribution in [0.1, 0.15) is 19.3 Å². The Kier molecular flexibility index (Phi) is 6.40. The van der Waals surface area contributed by atoms with Crippen molar-refractivity contribution < 1.29 is 14.3 Å². The highest BCUT2D eigenvalue weighted by molar-refractivity contribution is 5.92. The molecule has 2 aliphatic rings. The van der Waals surface area contributed by atoms with Gasteiger partial charge in [0.25, 0.3) is 0 Å². The molecule has 26 heavy (non-hydrogen) atoms. The summed E-state index contributed by atoms with van der Waals surface area (Å²) in [7, 11) is 1.58. The first kappa shape index (κ1) is 18.6. The minimum absolute atomic E-state index is 0.116. The Hall–Kier alpha value is -2.19. The largest absolute Gasteiger partial charge is 0.366 e. The second-order valence-corrected chi connectivity index (χ2v) is 6.71. The molecular weight excluding hydrogens is 334 g/mol. The summed E-state index contributed by atoms with van der Waals surface area (Å²) in [6.07, 6.45) is 4.88. The van der Waals surface area contributed by atoms with Gasteiger partial charge in [0.2, 0.25) is 11.8 Å². The second kappa shape index (κ2) is 8.95. The van der Waals surface area contributed by atoms with Crippen LogP contribution >= 0.6 is 0 Å². The van der Waals surface area contributed by atoms with Crippen LogP contribution in [-0.4, -0.2) is 74.2 Å². The van der Waals surface area contributed by atoms with Crippen molar-refractivity contribution in [1.82, 2.24) is 15.2 Å². The lowest BCUT2D eigenvalue weighted by atomic mass is 10.1. The fraction of sp³-hybridized carbons (Fsp3) is 0.611. The van der Waals surface area contributed by atoms with E-state index in [4.69, 9.17) is 4.74 Å². The Morgan fingerprint density at radius 1 is 1.23 bits per heavy atom. The lowest BCUT2D eigenvalue weighted by Gasteiger charge is -2.31. The Morgan fingerprint density at radius 3 is 2.73 bits per heavy atom. The standard InChI is InChI=1S/C18H27N5O3/c1-19-18(25)15-12-22(9-10-26-15)13-17(24)21-14-5-6-16(20-11-14)23-7-3-2-4-8-23/h5-6,11,15H,2-4,7-10,12-13H2,1H3,(H,19,25)(H,21,24). The molecule has 1 atom stereocenters. The molecule has 0 aromatic carbocycles. The molecule has 2 fully saturated rings. The molecule has 3 rings (SSSR count). The van der Waals surface area contributed by atoms with Crippen molar-refractivity contribution in [2.45, 2.75) is 25.4 Å². The lowest BCUT2D eigenvalue weighted by molar-refractivity contribution is -0.139. The van der Waals surface area contributed by atoms with E-state index >= 15 is 0 Å². The van der Waals surface area contributed by atoms with Crippen LogP contribution < -0.4 is 15.5 Å². The maximum absolute atomic E-state index is 12.3. The minimum atomic E-state index is -0.521. The van der Waals surface area contributed by atoms with Crippen molar-refractivity contribution in [3.8, 4) is 0 Å². The van der Waals surface area contributed by atoms with Crippen LogP contribution in [0.2, 0.25) is 0 Å². The molecule has 1 aromatic rings. The van der Waals surface area contributed by atoms with E-state index in [1.54, 1.807) is 13.2 Å². The lowest BCUT2D eigenvalue weighted by Crippen LogP contribution is -2.50. The number of aromatic nitrogens is 1. The summed E-state index contributed by atoms with van der Waals surface area (Å²) in [5, 5.41) is 5.45. The van der Waals surface area contributed by atoms with Crippen LogP contribution in [0.5, 0.6) is 0 Å². The molecule has 3 heterocycles. The Balaban J connectivity index is 1.49. The van der Waals surface area contributed by atoms with E-state index in [2.05, 4.69) is 20.5 Å². The Bertz CT molecular complexity index is 616. The number of pyridine rings is 1. The molecule has 0 aliphatic carbocycles. The molecule has 2 aliphatic heterocycles. The predicted molar refractivity (Wildman–Crippen MR) is 99.2 cm³/mol. The number of carbonyl (C=O) groups is 2. The molecule has 1 unspecified atom stereocenters. The zero-order chi connectivity index (χ0) is 18.4. The molecule has 1 aromatic heterocycles. The number of nitrogens with one attached hydrogen (secondary N) is 2. The summed E-state index contributed by atoms with van der Waals surface area (Å²) in [5.74, 6) is 0.687.